The maximum atomic E-state index is 12.9. The van der Waals surface area contributed by atoms with Gasteiger partial charge in [-0.15, -0.1) is 0 Å². The number of rotatable bonds is 5. The minimum atomic E-state index is -0.0220. The molecule has 0 atom stereocenters. The van der Waals surface area contributed by atoms with Crippen LogP contribution >= 0.6 is 0 Å². The zero-order chi connectivity index (χ0) is 20.2. The quantitative estimate of drug-likeness (QED) is 0.787. The highest BCUT2D eigenvalue weighted by Crippen LogP contribution is 2.20. The van der Waals surface area contributed by atoms with Gasteiger partial charge in [-0.1, -0.05) is 48.5 Å². The lowest BCUT2D eigenvalue weighted by molar-refractivity contribution is -0.133. The Morgan fingerprint density at radius 3 is 2.45 bits per heavy atom. The van der Waals surface area contributed by atoms with E-state index >= 15 is 0 Å². The Kier molecular flexibility index (Phi) is 5.95. The largest absolute Gasteiger partial charge is 0.341 e. The summed E-state index contributed by atoms with van der Waals surface area (Å²) >= 11 is 0. The van der Waals surface area contributed by atoms with E-state index in [0.717, 1.165) is 50.0 Å². The lowest BCUT2D eigenvalue weighted by Gasteiger charge is -2.38. The van der Waals surface area contributed by atoms with Crippen LogP contribution in [-0.2, 0) is 17.8 Å². The van der Waals surface area contributed by atoms with E-state index in [9.17, 15) is 9.59 Å². The van der Waals surface area contributed by atoms with E-state index in [-0.39, 0.29) is 24.4 Å². The lowest BCUT2D eigenvalue weighted by Crippen LogP contribution is -2.50. The molecule has 5 heteroatoms. The normalized spacial score (nSPS) is 17.8. The maximum Gasteiger partial charge on any atom is 0.254 e. The third-order valence-corrected chi connectivity index (χ3v) is 6.26. The van der Waals surface area contributed by atoms with Gasteiger partial charge in [0.2, 0.25) is 5.91 Å². The number of carbonyl (C=O) groups is 2. The lowest BCUT2D eigenvalue weighted by atomic mass is 9.99. The molecule has 0 spiro atoms. The second kappa shape index (κ2) is 8.78. The van der Waals surface area contributed by atoms with Crippen LogP contribution in [0, 0.1) is 0 Å². The smallest absolute Gasteiger partial charge is 0.254 e. The molecule has 2 aromatic rings. The molecule has 2 aliphatic heterocycles. The van der Waals surface area contributed by atoms with Crippen LogP contribution in [0.1, 0.15) is 34.3 Å². The zero-order valence-corrected chi connectivity index (χ0v) is 17.1. The van der Waals surface area contributed by atoms with E-state index in [1.54, 1.807) is 4.90 Å². The Morgan fingerprint density at radius 2 is 1.69 bits per heavy atom. The first-order valence-electron chi connectivity index (χ1n) is 10.5. The van der Waals surface area contributed by atoms with Gasteiger partial charge in [0.05, 0.1) is 0 Å². The number of benzene rings is 2. The van der Waals surface area contributed by atoms with Crippen LogP contribution < -0.4 is 0 Å². The Balaban J connectivity index is 1.28. The summed E-state index contributed by atoms with van der Waals surface area (Å²) in [4.78, 5) is 31.6. The fourth-order valence-electron chi connectivity index (χ4n) is 4.41. The van der Waals surface area contributed by atoms with E-state index in [1.165, 1.54) is 5.56 Å². The molecule has 0 aliphatic carbocycles. The van der Waals surface area contributed by atoms with E-state index in [2.05, 4.69) is 29.2 Å². The summed E-state index contributed by atoms with van der Waals surface area (Å²) in [6.45, 7) is 3.74. The van der Waals surface area contributed by atoms with Crippen molar-refractivity contribution in [2.24, 2.45) is 0 Å². The molecule has 1 fully saturated rings. The fraction of sp³-hybridized carbons (Fsp3) is 0.417. The van der Waals surface area contributed by atoms with Crippen molar-refractivity contribution < 1.29 is 9.59 Å². The van der Waals surface area contributed by atoms with Gasteiger partial charge in [-0.25, -0.2) is 0 Å². The predicted octanol–water partition coefficient (Wildman–Crippen LogP) is 2.81. The third kappa shape index (κ3) is 4.51. The van der Waals surface area contributed by atoms with Gasteiger partial charge in [0.15, 0.2) is 0 Å². The maximum absolute atomic E-state index is 12.9. The molecule has 0 unspecified atom stereocenters. The molecule has 0 saturated carbocycles. The van der Waals surface area contributed by atoms with Gasteiger partial charge >= 0.3 is 0 Å². The van der Waals surface area contributed by atoms with Gasteiger partial charge in [0.1, 0.15) is 6.54 Å². The van der Waals surface area contributed by atoms with Crippen LogP contribution in [0.2, 0.25) is 0 Å². The standard InChI is InChI=1S/C24H29N3O2/c1-25(21-12-14-26(15-13-21)17-19-7-3-2-4-8-19)23(28)18-27-16-11-20-9-5-6-10-22(20)24(27)29/h2-10,21H,11-18H2,1H3. The number of amides is 2. The number of piperidine rings is 1. The average Bonchev–Trinajstić information content (AvgIpc) is 2.76. The van der Waals surface area contributed by atoms with Crippen molar-refractivity contribution in [2.75, 3.05) is 33.2 Å². The number of hydrogen-bond acceptors (Lipinski definition) is 3. The van der Waals surface area contributed by atoms with E-state index in [1.807, 2.05) is 42.3 Å². The number of hydrogen-bond donors (Lipinski definition) is 0. The monoisotopic (exact) mass is 391 g/mol. The van der Waals surface area contributed by atoms with Crippen molar-refractivity contribution >= 4 is 11.8 Å². The van der Waals surface area contributed by atoms with E-state index < -0.39 is 0 Å². The second-order valence-electron chi connectivity index (χ2n) is 8.13. The van der Waals surface area contributed by atoms with Crippen LogP contribution in [0.25, 0.3) is 0 Å². The number of fused-ring (bicyclic) bond motifs is 1. The molecule has 0 bridgehead atoms. The molecule has 4 rings (SSSR count). The first-order chi connectivity index (χ1) is 14.1. The van der Waals surface area contributed by atoms with Gasteiger partial charge in [0.25, 0.3) is 5.91 Å². The minimum absolute atomic E-state index is 0.0220. The van der Waals surface area contributed by atoms with Crippen molar-refractivity contribution in [1.29, 1.82) is 0 Å². The first kappa shape index (κ1) is 19.6. The van der Waals surface area contributed by atoms with Crippen LogP contribution in [0.4, 0.5) is 0 Å². The average molecular weight is 392 g/mol. The number of nitrogens with zero attached hydrogens (tertiary/aromatic N) is 3. The van der Waals surface area contributed by atoms with E-state index in [0.29, 0.717) is 6.54 Å². The van der Waals surface area contributed by atoms with Crippen molar-refractivity contribution in [1.82, 2.24) is 14.7 Å². The van der Waals surface area contributed by atoms with E-state index in [4.69, 9.17) is 0 Å². The van der Waals surface area contributed by atoms with Crippen molar-refractivity contribution in [3.05, 3.63) is 71.3 Å². The highest BCUT2D eigenvalue weighted by Gasteiger charge is 2.29. The summed E-state index contributed by atoms with van der Waals surface area (Å²) in [5.74, 6) is 0.0190. The molecule has 0 aromatic heterocycles. The molecule has 0 radical (unpaired) electrons. The molecule has 5 nitrogen and oxygen atoms in total. The fourth-order valence-corrected chi connectivity index (χ4v) is 4.41. The number of carbonyl (C=O) groups excluding carboxylic acids is 2. The summed E-state index contributed by atoms with van der Waals surface area (Å²) in [7, 11) is 1.89. The van der Waals surface area contributed by atoms with Gasteiger partial charge < -0.3 is 9.80 Å². The Hall–Kier alpha value is -2.66. The van der Waals surface area contributed by atoms with Gasteiger partial charge in [0, 0.05) is 44.8 Å². The minimum Gasteiger partial charge on any atom is -0.341 e. The number of likely N-dealkylation sites (tertiary alicyclic amines) is 1. The van der Waals surface area contributed by atoms with Crippen molar-refractivity contribution in [2.45, 2.75) is 31.8 Å². The summed E-state index contributed by atoms with van der Waals surface area (Å²) in [6, 6.07) is 18.5. The summed E-state index contributed by atoms with van der Waals surface area (Å²) in [5, 5.41) is 0. The zero-order valence-electron chi connectivity index (χ0n) is 17.1. The molecule has 29 heavy (non-hydrogen) atoms. The molecule has 2 aliphatic rings. The van der Waals surface area contributed by atoms with Gasteiger partial charge in [-0.05, 0) is 36.5 Å². The Bertz CT molecular complexity index is 859. The third-order valence-electron chi connectivity index (χ3n) is 6.26. The molecule has 2 amide bonds. The van der Waals surface area contributed by atoms with Crippen LogP contribution in [0.3, 0.4) is 0 Å². The number of likely N-dealkylation sites (N-methyl/N-ethyl adjacent to an activating group) is 1. The summed E-state index contributed by atoms with van der Waals surface area (Å²) < 4.78 is 0. The molecule has 152 valence electrons. The molecule has 2 heterocycles. The van der Waals surface area contributed by atoms with Crippen LogP contribution in [0.5, 0.6) is 0 Å². The Labute approximate surface area is 172 Å². The molecule has 1 saturated heterocycles. The SMILES string of the molecule is CN(C(=O)CN1CCc2ccccc2C1=O)C1CCN(Cc2ccccc2)CC1. The first-order valence-corrected chi connectivity index (χ1v) is 10.5. The topological polar surface area (TPSA) is 43.9 Å². The summed E-state index contributed by atoms with van der Waals surface area (Å²) in [6.07, 6.45) is 2.77. The van der Waals surface area contributed by atoms with Gasteiger partial charge in [-0.3, -0.25) is 14.5 Å². The Morgan fingerprint density at radius 1 is 1.00 bits per heavy atom. The van der Waals surface area contributed by atoms with Crippen LogP contribution in [-0.4, -0.2) is 65.8 Å². The molecular formula is C24H29N3O2. The second-order valence-corrected chi connectivity index (χ2v) is 8.13. The predicted molar refractivity (Wildman–Crippen MR) is 114 cm³/mol. The van der Waals surface area contributed by atoms with Gasteiger partial charge in [-0.2, -0.15) is 0 Å². The summed E-state index contributed by atoms with van der Waals surface area (Å²) in [5.41, 5.74) is 3.16. The van der Waals surface area contributed by atoms with Crippen LogP contribution in [0.15, 0.2) is 54.6 Å². The highest BCUT2D eigenvalue weighted by molar-refractivity contribution is 5.98. The molecular weight excluding hydrogens is 362 g/mol. The van der Waals surface area contributed by atoms with Crippen molar-refractivity contribution in [3.63, 3.8) is 0 Å². The van der Waals surface area contributed by atoms with Crippen molar-refractivity contribution in [3.8, 4) is 0 Å². The highest BCUT2D eigenvalue weighted by atomic mass is 16.2. The molecule has 2 aromatic carbocycles. The molecule has 0 N–H and O–H groups in total.